The van der Waals surface area contributed by atoms with Crippen LogP contribution in [0.25, 0.3) is 0 Å². The van der Waals surface area contributed by atoms with Gasteiger partial charge in [-0.25, -0.2) is 0 Å². The average Bonchev–Trinajstić information content (AvgIpc) is 3.17. The van der Waals surface area contributed by atoms with Gasteiger partial charge in [0.25, 0.3) is 0 Å². The fraction of sp³-hybridized carbons (Fsp3) is 0.571. The largest absolute Gasteiger partial charge is 0.598 e. The summed E-state index contributed by atoms with van der Waals surface area (Å²) in [5.41, 5.74) is 4.82. The van der Waals surface area contributed by atoms with Crippen LogP contribution in [0.4, 0.5) is 11.4 Å². The number of aryl methyl sites for hydroxylation is 1. The van der Waals surface area contributed by atoms with Gasteiger partial charge in [-0.2, -0.15) is 5.10 Å². The van der Waals surface area contributed by atoms with Gasteiger partial charge in [-0.15, -0.1) is 4.72 Å². The Labute approximate surface area is 170 Å². The number of benzene rings is 1. The van der Waals surface area contributed by atoms with Gasteiger partial charge in [0.05, 0.1) is 17.9 Å². The Morgan fingerprint density at radius 3 is 2.64 bits per heavy atom. The van der Waals surface area contributed by atoms with E-state index < -0.39 is 11.4 Å². The summed E-state index contributed by atoms with van der Waals surface area (Å²) in [5.74, 6) is 0. The van der Waals surface area contributed by atoms with Crippen molar-refractivity contribution in [3.05, 3.63) is 41.7 Å². The number of nitrogens with zero attached hydrogens (tertiary/aromatic N) is 2. The van der Waals surface area contributed by atoms with Gasteiger partial charge in [-0.3, -0.25) is 4.68 Å². The molecule has 2 heterocycles. The fourth-order valence-electron chi connectivity index (χ4n) is 4.43. The SMILES string of the molecule is Cn1cc(Nc2ccc3c(c2)[C@@H](N[S@+]([O-])C(C)(C)C)C2(CCNCC2)C3)cn1. The quantitative estimate of drug-likeness (QED) is 0.686. The highest BCUT2D eigenvalue weighted by atomic mass is 32.2. The van der Waals surface area contributed by atoms with E-state index in [4.69, 9.17) is 0 Å². The first-order chi connectivity index (χ1) is 13.3. The van der Waals surface area contributed by atoms with Crippen LogP contribution in [0.15, 0.2) is 30.6 Å². The van der Waals surface area contributed by atoms with E-state index in [2.05, 4.69) is 38.7 Å². The summed E-state index contributed by atoms with van der Waals surface area (Å²) in [7, 11) is 1.91. The van der Waals surface area contributed by atoms with Crippen molar-refractivity contribution in [1.29, 1.82) is 0 Å². The fourth-order valence-corrected chi connectivity index (χ4v) is 5.37. The number of piperidine rings is 1. The molecule has 3 N–H and O–H groups in total. The van der Waals surface area contributed by atoms with E-state index in [1.807, 2.05) is 40.2 Å². The summed E-state index contributed by atoms with van der Waals surface area (Å²) in [4.78, 5) is 0. The Balaban J connectivity index is 1.66. The monoisotopic (exact) mass is 401 g/mol. The predicted octanol–water partition coefficient (Wildman–Crippen LogP) is 3.18. The zero-order valence-electron chi connectivity index (χ0n) is 17.2. The first kappa shape index (κ1) is 19.8. The van der Waals surface area contributed by atoms with E-state index >= 15 is 0 Å². The summed E-state index contributed by atoms with van der Waals surface area (Å²) in [5, 5.41) is 11.2. The topological polar surface area (TPSA) is 77.0 Å². The number of fused-ring (bicyclic) bond motifs is 1. The van der Waals surface area contributed by atoms with Crippen LogP contribution < -0.4 is 15.4 Å². The van der Waals surface area contributed by atoms with Crippen molar-refractivity contribution in [1.82, 2.24) is 19.8 Å². The molecular weight excluding hydrogens is 370 g/mol. The Kier molecular flexibility index (Phi) is 5.20. The highest BCUT2D eigenvalue weighted by Crippen LogP contribution is 2.52. The molecule has 1 aromatic carbocycles. The van der Waals surface area contributed by atoms with Crippen LogP contribution in [-0.4, -0.2) is 32.2 Å². The highest BCUT2D eigenvalue weighted by molar-refractivity contribution is 7.90. The molecule has 1 saturated heterocycles. The van der Waals surface area contributed by atoms with Gasteiger partial charge in [-0.05, 0) is 76.4 Å². The summed E-state index contributed by atoms with van der Waals surface area (Å²) in [6.07, 6.45) is 7.05. The molecule has 152 valence electrons. The van der Waals surface area contributed by atoms with Gasteiger partial charge in [0.2, 0.25) is 0 Å². The van der Waals surface area contributed by atoms with Crippen LogP contribution in [0.2, 0.25) is 0 Å². The van der Waals surface area contributed by atoms with Crippen molar-refractivity contribution in [2.24, 2.45) is 12.5 Å². The van der Waals surface area contributed by atoms with E-state index in [-0.39, 0.29) is 16.2 Å². The van der Waals surface area contributed by atoms with E-state index in [1.54, 1.807) is 4.68 Å². The second-order valence-corrected chi connectivity index (χ2v) is 11.2. The zero-order valence-corrected chi connectivity index (χ0v) is 18.0. The van der Waals surface area contributed by atoms with Crippen molar-refractivity contribution in [2.75, 3.05) is 18.4 Å². The third-order valence-electron chi connectivity index (χ3n) is 5.99. The molecule has 4 rings (SSSR count). The van der Waals surface area contributed by atoms with Gasteiger partial charge < -0.3 is 15.2 Å². The maximum atomic E-state index is 13.0. The molecule has 0 unspecified atom stereocenters. The summed E-state index contributed by atoms with van der Waals surface area (Å²) >= 11 is -1.11. The minimum Gasteiger partial charge on any atom is -0.598 e. The molecule has 1 fully saturated rings. The normalized spacial score (nSPS) is 22.2. The minimum absolute atomic E-state index is 0.111. The molecule has 1 aliphatic heterocycles. The smallest absolute Gasteiger partial charge is 0.136 e. The molecule has 0 radical (unpaired) electrons. The van der Waals surface area contributed by atoms with Crippen LogP contribution in [0.3, 0.4) is 0 Å². The number of hydrogen-bond donors (Lipinski definition) is 3. The summed E-state index contributed by atoms with van der Waals surface area (Å²) in [6, 6.07) is 6.72. The van der Waals surface area contributed by atoms with E-state index in [0.29, 0.717) is 0 Å². The third kappa shape index (κ3) is 3.81. The molecule has 1 spiro atoms. The maximum absolute atomic E-state index is 13.0. The molecule has 2 aromatic rings. The minimum atomic E-state index is -1.11. The van der Waals surface area contributed by atoms with Crippen molar-refractivity contribution < 1.29 is 4.55 Å². The van der Waals surface area contributed by atoms with E-state index in [0.717, 1.165) is 43.7 Å². The second kappa shape index (κ2) is 7.37. The molecule has 6 nitrogen and oxygen atoms in total. The molecule has 1 aliphatic carbocycles. The van der Waals surface area contributed by atoms with Crippen molar-refractivity contribution in [2.45, 2.75) is 50.8 Å². The molecule has 2 atom stereocenters. The molecule has 7 heteroatoms. The first-order valence-electron chi connectivity index (χ1n) is 10.0. The number of aromatic nitrogens is 2. The van der Waals surface area contributed by atoms with E-state index in [9.17, 15) is 4.55 Å². The number of hydrogen-bond acceptors (Lipinski definition) is 5. The average molecular weight is 402 g/mol. The lowest BCUT2D eigenvalue weighted by Gasteiger charge is -2.40. The van der Waals surface area contributed by atoms with Crippen LogP contribution in [0, 0.1) is 5.41 Å². The van der Waals surface area contributed by atoms with Crippen LogP contribution in [0.5, 0.6) is 0 Å². The number of anilines is 2. The lowest BCUT2D eigenvalue weighted by atomic mass is 9.73. The predicted molar refractivity (Wildman–Crippen MR) is 115 cm³/mol. The second-order valence-electron chi connectivity index (χ2n) is 9.16. The molecule has 0 saturated carbocycles. The lowest BCUT2D eigenvalue weighted by molar-refractivity contribution is 0.163. The summed E-state index contributed by atoms with van der Waals surface area (Å²) < 4.78 is 18.0. The van der Waals surface area contributed by atoms with E-state index in [1.165, 1.54) is 11.1 Å². The molecule has 0 amide bonds. The Hall–Kier alpha value is -1.54. The molecule has 28 heavy (non-hydrogen) atoms. The van der Waals surface area contributed by atoms with Gasteiger partial charge >= 0.3 is 0 Å². The standard InChI is InChI=1S/C21H31N5OS/c1-20(2,3)28(27)25-19-18-11-16(24-17-13-23-26(4)14-17)6-5-15(18)12-21(19)7-9-22-10-8-21/h5-6,11,13-14,19,22,24-25H,7-10,12H2,1-4H3/t19-,28-/m1/s1. The van der Waals surface area contributed by atoms with Crippen LogP contribution in [0.1, 0.15) is 50.8 Å². The highest BCUT2D eigenvalue weighted by Gasteiger charge is 2.49. The van der Waals surface area contributed by atoms with Gasteiger partial charge in [0, 0.05) is 35.7 Å². The zero-order chi connectivity index (χ0) is 19.9. The third-order valence-corrected chi connectivity index (χ3v) is 7.55. The van der Waals surface area contributed by atoms with Crippen LogP contribution in [-0.2, 0) is 24.8 Å². The molecule has 0 bridgehead atoms. The molecule has 2 aliphatic rings. The number of rotatable bonds is 4. The van der Waals surface area contributed by atoms with Crippen molar-refractivity contribution in [3.63, 3.8) is 0 Å². The van der Waals surface area contributed by atoms with Crippen molar-refractivity contribution >= 4 is 22.7 Å². The van der Waals surface area contributed by atoms with Crippen LogP contribution >= 0.6 is 0 Å². The lowest BCUT2D eigenvalue weighted by Crippen LogP contribution is -2.48. The van der Waals surface area contributed by atoms with Gasteiger partial charge in [0.15, 0.2) is 0 Å². The Morgan fingerprint density at radius 2 is 2.00 bits per heavy atom. The van der Waals surface area contributed by atoms with Crippen molar-refractivity contribution in [3.8, 4) is 0 Å². The Morgan fingerprint density at radius 1 is 1.25 bits per heavy atom. The molecular formula is C21H31N5OS. The maximum Gasteiger partial charge on any atom is 0.136 e. The van der Waals surface area contributed by atoms with Gasteiger partial charge in [-0.1, -0.05) is 6.07 Å². The summed E-state index contributed by atoms with van der Waals surface area (Å²) in [6.45, 7) is 8.13. The Bertz CT molecular complexity index is 838. The van der Waals surface area contributed by atoms with Gasteiger partial charge in [0.1, 0.15) is 4.75 Å². The number of nitrogens with one attached hydrogen (secondary N) is 3. The first-order valence-corrected chi connectivity index (χ1v) is 11.2. The molecule has 1 aromatic heterocycles.